The summed E-state index contributed by atoms with van der Waals surface area (Å²) in [5.74, 6) is -2.19. The van der Waals surface area contributed by atoms with E-state index < -0.39 is 32.9 Å². The van der Waals surface area contributed by atoms with Gasteiger partial charge in [0.15, 0.2) is 11.6 Å². The van der Waals surface area contributed by atoms with Crippen LogP contribution in [0.15, 0.2) is 22.2 Å². The Balaban J connectivity index is 1.83. The molecule has 2 aliphatic rings. The molecule has 0 amide bonds. The fourth-order valence-electron chi connectivity index (χ4n) is 3.77. The van der Waals surface area contributed by atoms with Crippen LogP contribution in [0.3, 0.4) is 0 Å². The third kappa shape index (κ3) is 4.17. The molecule has 1 unspecified atom stereocenters. The van der Waals surface area contributed by atoms with Crippen molar-refractivity contribution in [2.24, 2.45) is 16.8 Å². The highest BCUT2D eigenvalue weighted by molar-refractivity contribution is 7.86. The van der Waals surface area contributed by atoms with Crippen molar-refractivity contribution in [3.8, 4) is 0 Å². The van der Waals surface area contributed by atoms with E-state index >= 15 is 4.39 Å². The summed E-state index contributed by atoms with van der Waals surface area (Å²) in [5.41, 5.74) is 5.30. The van der Waals surface area contributed by atoms with Gasteiger partial charge in [-0.3, -0.25) is 4.79 Å². The first kappa shape index (κ1) is 22.1. The van der Waals surface area contributed by atoms with Crippen LogP contribution in [0.25, 0.3) is 11.0 Å². The maximum absolute atomic E-state index is 15.1. The third-order valence-electron chi connectivity index (χ3n) is 5.38. The van der Waals surface area contributed by atoms with Gasteiger partial charge in [-0.15, -0.1) is 0 Å². The Morgan fingerprint density at radius 3 is 2.72 bits per heavy atom. The Morgan fingerprint density at radius 1 is 1.41 bits per heavy atom. The van der Waals surface area contributed by atoms with Crippen LogP contribution in [0.5, 0.6) is 0 Å². The molecule has 1 aliphatic carbocycles. The predicted octanol–water partition coefficient (Wildman–Crippen LogP) is 0.384. The maximum Gasteiger partial charge on any atom is 0.359 e. The number of fused-ring (bicyclic) bond motifs is 1. The average molecular weight is 467 g/mol. The second-order valence-corrected chi connectivity index (χ2v) is 9.40. The number of carbonyl (C=O) groups excluding carboxylic acids is 1. The van der Waals surface area contributed by atoms with E-state index in [9.17, 15) is 18.0 Å². The van der Waals surface area contributed by atoms with Crippen molar-refractivity contribution >= 4 is 38.7 Å². The predicted molar refractivity (Wildman–Crippen MR) is 114 cm³/mol. The molecule has 3 heterocycles. The first-order valence-electron chi connectivity index (χ1n) is 9.87. The van der Waals surface area contributed by atoms with Gasteiger partial charge >= 0.3 is 16.1 Å². The minimum absolute atomic E-state index is 0.0255. The Kier molecular flexibility index (Phi) is 5.63. The van der Waals surface area contributed by atoms with Crippen LogP contribution >= 0.6 is 0 Å². The highest BCUT2D eigenvalue weighted by Crippen LogP contribution is 2.37. The highest BCUT2D eigenvalue weighted by atomic mass is 32.2. The molecule has 13 heteroatoms. The first-order valence-corrected chi connectivity index (χ1v) is 11.7. The van der Waals surface area contributed by atoms with Crippen LogP contribution in [0, 0.1) is 11.7 Å². The normalized spacial score (nSPS) is 20.2. The molecule has 2 aromatic rings. The van der Waals surface area contributed by atoms with Crippen molar-refractivity contribution in [3.05, 3.63) is 33.9 Å². The molecule has 4 rings (SSSR count). The van der Waals surface area contributed by atoms with Crippen LogP contribution in [-0.2, 0) is 19.1 Å². The summed E-state index contributed by atoms with van der Waals surface area (Å²) in [7, 11) is -2.71. The number of nitrogens with zero attached hydrogens (tertiary/aromatic N) is 4. The summed E-state index contributed by atoms with van der Waals surface area (Å²) < 4.78 is 43.7. The summed E-state index contributed by atoms with van der Waals surface area (Å²) in [4.78, 5) is 36.1. The molecule has 0 bridgehead atoms. The van der Waals surface area contributed by atoms with Crippen LogP contribution in [0.2, 0.25) is 0 Å². The van der Waals surface area contributed by atoms with Gasteiger partial charge in [-0.25, -0.2) is 14.2 Å². The van der Waals surface area contributed by atoms with E-state index in [1.165, 1.54) is 13.3 Å². The zero-order chi connectivity index (χ0) is 23.2. The Bertz CT molecular complexity index is 1290. The zero-order valence-electron chi connectivity index (χ0n) is 17.4. The Labute approximate surface area is 182 Å². The van der Waals surface area contributed by atoms with Gasteiger partial charge in [-0.1, -0.05) is 5.16 Å². The molecule has 2 fully saturated rings. The topological polar surface area (TPSA) is 146 Å². The van der Waals surface area contributed by atoms with Crippen molar-refractivity contribution in [3.63, 3.8) is 0 Å². The van der Waals surface area contributed by atoms with E-state index in [4.69, 9.17) is 10.6 Å². The molecule has 1 saturated carbocycles. The molecule has 1 atom stereocenters. The minimum atomic E-state index is -4.13. The van der Waals surface area contributed by atoms with Crippen molar-refractivity contribution in [2.75, 3.05) is 37.9 Å². The molecular formula is C19H22FN5O6S. The molecule has 0 radical (unpaired) electrons. The molecule has 0 spiro atoms. The lowest BCUT2D eigenvalue weighted by molar-refractivity contribution is 0.0746. The van der Waals surface area contributed by atoms with Crippen LogP contribution < -0.4 is 16.1 Å². The van der Waals surface area contributed by atoms with Crippen molar-refractivity contribution in [1.82, 2.24) is 9.55 Å². The standard InChI is InChI=1S/C19H22FN5O6S/c1-30-23-15-9-24(7-10(15)6-21)18-14(20)5-12-16(26)13(19(27)31-32(2,28)29)8-25(11-3-4-11)17(12)22-18/h5,8,10-11H,3-4,6-7,9,21H2,1-2H3/b23-15+. The van der Waals surface area contributed by atoms with Crippen LogP contribution in [0.4, 0.5) is 10.2 Å². The van der Waals surface area contributed by atoms with E-state index in [1.54, 1.807) is 9.47 Å². The van der Waals surface area contributed by atoms with Gasteiger partial charge in [0.05, 0.1) is 23.9 Å². The third-order valence-corrected chi connectivity index (χ3v) is 5.84. The molecule has 1 saturated heterocycles. The number of halogens is 1. The molecule has 2 N–H and O–H groups in total. The smallest absolute Gasteiger partial charge is 0.359 e. The summed E-state index contributed by atoms with van der Waals surface area (Å²) >= 11 is 0. The molecule has 1 aliphatic heterocycles. The maximum atomic E-state index is 15.1. The fourth-order valence-corrected chi connectivity index (χ4v) is 4.14. The van der Waals surface area contributed by atoms with E-state index in [1.807, 2.05) is 0 Å². The first-order chi connectivity index (χ1) is 15.1. The van der Waals surface area contributed by atoms with Gasteiger partial charge in [0.2, 0.25) is 5.43 Å². The Morgan fingerprint density at radius 2 is 2.12 bits per heavy atom. The van der Waals surface area contributed by atoms with E-state index in [2.05, 4.69) is 14.3 Å². The van der Waals surface area contributed by atoms with E-state index in [-0.39, 0.29) is 35.4 Å². The number of pyridine rings is 2. The van der Waals surface area contributed by atoms with Gasteiger partial charge in [0.25, 0.3) is 0 Å². The molecule has 172 valence electrons. The zero-order valence-corrected chi connectivity index (χ0v) is 18.3. The Hall–Kier alpha value is -3.06. The number of anilines is 1. The molecule has 11 nitrogen and oxygen atoms in total. The number of oxime groups is 1. The number of hydrogen-bond acceptors (Lipinski definition) is 10. The fraction of sp³-hybridized carbons (Fsp3) is 0.474. The lowest BCUT2D eigenvalue weighted by Gasteiger charge is -2.19. The second-order valence-electron chi connectivity index (χ2n) is 7.83. The average Bonchev–Trinajstić information content (AvgIpc) is 3.47. The minimum Gasteiger partial charge on any atom is -0.399 e. The van der Waals surface area contributed by atoms with Gasteiger partial charge < -0.3 is 24.2 Å². The van der Waals surface area contributed by atoms with Crippen molar-refractivity contribution in [2.45, 2.75) is 18.9 Å². The SMILES string of the molecule is CO/N=C1\CN(c2nc3c(cc2F)c(=O)c(C(=O)OS(C)(=O)=O)cn3C2CC2)CC1CN. The quantitative estimate of drug-likeness (QED) is 0.470. The molecule has 2 aromatic heterocycles. The molecular weight excluding hydrogens is 445 g/mol. The van der Waals surface area contributed by atoms with Gasteiger partial charge in [-0.2, -0.15) is 8.42 Å². The summed E-state index contributed by atoms with van der Waals surface area (Å²) in [6.45, 7) is 0.935. The summed E-state index contributed by atoms with van der Waals surface area (Å²) in [6, 6.07) is 0.966. The van der Waals surface area contributed by atoms with Crippen LogP contribution in [0.1, 0.15) is 29.2 Å². The number of nitrogens with two attached hydrogens (primary N) is 1. The molecule has 0 aromatic carbocycles. The van der Waals surface area contributed by atoms with E-state index in [0.29, 0.717) is 25.1 Å². The highest BCUT2D eigenvalue weighted by Gasteiger charge is 2.33. The van der Waals surface area contributed by atoms with Crippen LogP contribution in [-0.4, -0.2) is 62.6 Å². The lowest BCUT2D eigenvalue weighted by Crippen LogP contribution is -2.26. The van der Waals surface area contributed by atoms with Gasteiger partial charge in [-0.05, 0) is 18.9 Å². The largest absolute Gasteiger partial charge is 0.399 e. The van der Waals surface area contributed by atoms with Gasteiger partial charge in [0, 0.05) is 31.2 Å². The second kappa shape index (κ2) is 8.13. The van der Waals surface area contributed by atoms with E-state index in [0.717, 1.165) is 18.9 Å². The number of rotatable bonds is 6. The number of aromatic nitrogens is 2. The molecule has 32 heavy (non-hydrogen) atoms. The van der Waals surface area contributed by atoms with Crippen molar-refractivity contribution < 1.29 is 26.6 Å². The summed E-state index contributed by atoms with van der Waals surface area (Å²) in [5, 5.41) is 3.83. The van der Waals surface area contributed by atoms with Crippen molar-refractivity contribution in [1.29, 1.82) is 0 Å². The monoisotopic (exact) mass is 467 g/mol. The number of hydrogen-bond donors (Lipinski definition) is 1. The summed E-state index contributed by atoms with van der Waals surface area (Å²) in [6.07, 6.45) is 3.48. The van der Waals surface area contributed by atoms with Gasteiger partial charge in [0.1, 0.15) is 18.3 Å². The lowest BCUT2D eigenvalue weighted by atomic mass is 10.1. The number of carbonyl (C=O) groups is 1.